The first-order valence-electron chi connectivity index (χ1n) is 9.62. The topological polar surface area (TPSA) is 44.0 Å². The lowest BCUT2D eigenvalue weighted by Gasteiger charge is -2.11. The van der Waals surface area contributed by atoms with Crippen LogP contribution < -0.4 is 0 Å². The summed E-state index contributed by atoms with van der Waals surface area (Å²) >= 11 is 0. The lowest BCUT2D eigenvalue weighted by molar-refractivity contribution is 0.0981. The zero-order valence-electron chi connectivity index (χ0n) is 17.0. The minimum atomic E-state index is -0.0757. The maximum atomic E-state index is 12.2. The first-order valence-corrected chi connectivity index (χ1v) is 9.62. The number of Topliss-reactive ketones (excluding diaryl/α,β-unsaturated/α-hetero) is 2. The Morgan fingerprint density at radius 3 is 1.96 bits per heavy atom. The van der Waals surface area contributed by atoms with Gasteiger partial charge < -0.3 is 9.13 Å². The van der Waals surface area contributed by atoms with Crippen molar-refractivity contribution in [2.75, 3.05) is 0 Å². The number of benzene rings is 2. The van der Waals surface area contributed by atoms with Gasteiger partial charge in [-0.15, -0.1) is 0 Å². The Balaban J connectivity index is 2.06. The molecule has 4 nitrogen and oxygen atoms in total. The number of nitrogens with zero attached hydrogens (tertiary/aromatic N) is 2. The largest absolute Gasteiger partial charge is 0.341 e. The van der Waals surface area contributed by atoms with Gasteiger partial charge in [0.05, 0.1) is 0 Å². The molecule has 0 N–H and O–H groups in total. The van der Waals surface area contributed by atoms with E-state index in [0.29, 0.717) is 11.1 Å². The van der Waals surface area contributed by atoms with Crippen molar-refractivity contribution in [3.8, 4) is 5.69 Å². The van der Waals surface area contributed by atoms with Crippen LogP contribution in [0.2, 0.25) is 0 Å². The highest BCUT2D eigenvalue weighted by Gasteiger charge is 2.24. The smallest absolute Gasteiger partial charge is 0.162 e. The quantitative estimate of drug-likeness (QED) is 0.436. The van der Waals surface area contributed by atoms with Crippen molar-refractivity contribution in [1.29, 1.82) is 0 Å². The van der Waals surface area contributed by atoms with Gasteiger partial charge in [0.25, 0.3) is 0 Å². The number of rotatable bonds is 4. The van der Waals surface area contributed by atoms with Gasteiger partial charge in [-0.3, -0.25) is 9.59 Å². The fourth-order valence-electron chi connectivity index (χ4n) is 4.61. The summed E-state index contributed by atoms with van der Waals surface area (Å²) in [4.78, 5) is 24.5. The van der Waals surface area contributed by atoms with Crippen molar-refractivity contribution in [2.45, 2.75) is 41.2 Å². The van der Waals surface area contributed by atoms with Crippen LogP contribution in [0.4, 0.5) is 0 Å². The first-order chi connectivity index (χ1) is 13.4. The van der Waals surface area contributed by atoms with Gasteiger partial charge in [-0.05, 0) is 58.9 Å². The monoisotopic (exact) mass is 372 g/mol. The number of hydrogen-bond acceptors (Lipinski definition) is 2. The molecule has 0 unspecified atom stereocenters. The van der Waals surface area contributed by atoms with Gasteiger partial charge in [0.15, 0.2) is 11.6 Å². The first kappa shape index (κ1) is 18.2. The van der Waals surface area contributed by atoms with Crippen molar-refractivity contribution in [2.24, 2.45) is 0 Å². The minimum Gasteiger partial charge on any atom is -0.341 e. The molecule has 0 atom stereocenters. The molecule has 0 spiro atoms. The van der Waals surface area contributed by atoms with Crippen LogP contribution in [-0.4, -0.2) is 20.7 Å². The van der Waals surface area contributed by atoms with E-state index < -0.39 is 0 Å². The Bertz CT molecular complexity index is 1230. The zero-order chi connectivity index (χ0) is 20.2. The van der Waals surface area contributed by atoms with E-state index in [-0.39, 0.29) is 11.6 Å². The van der Waals surface area contributed by atoms with E-state index in [9.17, 15) is 9.59 Å². The summed E-state index contributed by atoms with van der Waals surface area (Å²) in [7, 11) is 0. The van der Waals surface area contributed by atoms with E-state index >= 15 is 0 Å². The Morgan fingerprint density at radius 2 is 1.39 bits per heavy atom. The predicted molar refractivity (Wildman–Crippen MR) is 114 cm³/mol. The Morgan fingerprint density at radius 1 is 0.821 bits per heavy atom. The van der Waals surface area contributed by atoms with Crippen LogP contribution in [0, 0.1) is 13.8 Å². The fraction of sp³-hybridized carbons (Fsp3) is 0.250. The molecule has 0 bridgehead atoms. The predicted octanol–water partition coefficient (Wildman–Crippen LogP) is 5.63. The number of carbonyl (C=O) groups is 2. The average molecular weight is 372 g/mol. The van der Waals surface area contributed by atoms with Crippen LogP contribution in [0.3, 0.4) is 0 Å². The van der Waals surface area contributed by atoms with Crippen molar-refractivity contribution in [1.82, 2.24) is 9.13 Å². The van der Waals surface area contributed by atoms with Crippen molar-refractivity contribution in [3.63, 3.8) is 0 Å². The van der Waals surface area contributed by atoms with Crippen LogP contribution in [0.5, 0.6) is 0 Å². The Hall–Kier alpha value is -3.14. The highest BCUT2D eigenvalue weighted by molar-refractivity contribution is 6.10. The van der Waals surface area contributed by atoms with Gasteiger partial charge in [0.1, 0.15) is 0 Å². The van der Waals surface area contributed by atoms with Crippen LogP contribution in [0.15, 0.2) is 42.5 Å². The molecule has 0 saturated heterocycles. The molecule has 2 aromatic carbocycles. The second kappa shape index (κ2) is 6.48. The number of para-hydroxylation sites is 1. The molecule has 0 amide bonds. The molecule has 0 radical (unpaired) electrons. The van der Waals surface area contributed by atoms with Crippen molar-refractivity contribution >= 4 is 33.4 Å². The van der Waals surface area contributed by atoms with E-state index in [2.05, 4.69) is 54.0 Å². The fourth-order valence-corrected chi connectivity index (χ4v) is 4.61. The normalized spacial score (nSPS) is 11.5. The molecule has 4 heteroatoms. The summed E-state index contributed by atoms with van der Waals surface area (Å²) in [5, 5.41) is 2.39. The Labute approximate surface area is 164 Å². The molecular formula is C24H24N2O2. The maximum absolute atomic E-state index is 12.2. The van der Waals surface area contributed by atoms with Crippen LogP contribution in [0.1, 0.15) is 52.9 Å². The second-order valence-electron chi connectivity index (χ2n) is 7.33. The standard InChI is InChI=1S/C24H24N2O2/c1-6-25-21-10-8-7-9-19(21)20-13-18(11-12-22(20)25)26-14(2)23(16(4)27)24(15(26)3)17(5)28/h7-13H,6H2,1-5H3. The van der Waals surface area contributed by atoms with Crippen molar-refractivity contribution in [3.05, 3.63) is 65.0 Å². The lowest BCUT2D eigenvalue weighted by atomic mass is 10.0. The molecule has 0 aliphatic heterocycles. The number of hydrogen-bond donors (Lipinski definition) is 0. The second-order valence-corrected chi connectivity index (χ2v) is 7.33. The van der Waals surface area contributed by atoms with Crippen LogP contribution in [-0.2, 0) is 6.54 Å². The summed E-state index contributed by atoms with van der Waals surface area (Å²) in [6.07, 6.45) is 0. The maximum Gasteiger partial charge on any atom is 0.162 e. The van der Waals surface area contributed by atoms with E-state index in [1.54, 1.807) is 0 Å². The Kier molecular flexibility index (Phi) is 4.22. The highest BCUT2D eigenvalue weighted by atomic mass is 16.1. The third-order valence-electron chi connectivity index (χ3n) is 5.68. The van der Waals surface area contributed by atoms with Gasteiger partial charge in [0, 0.05) is 56.6 Å². The minimum absolute atomic E-state index is 0.0757. The van der Waals surface area contributed by atoms with Gasteiger partial charge in [-0.25, -0.2) is 0 Å². The van der Waals surface area contributed by atoms with Gasteiger partial charge in [-0.1, -0.05) is 18.2 Å². The molecule has 4 rings (SSSR count). The number of aromatic nitrogens is 2. The molecule has 142 valence electrons. The summed E-state index contributed by atoms with van der Waals surface area (Å²) in [5.74, 6) is -0.151. The summed E-state index contributed by atoms with van der Waals surface area (Å²) in [6, 6.07) is 14.8. The zero-order valence-corrected chi connectivity index (χ0v) is 17.0. The third-order valence-corrected chi connectivity index (χ3v) is 5.68. The summed E-state index contributed by atoms with van der Waals surface area (Å²) < 4.78 is 4.34. The average Bonchev–Trinajstić information content (AvgIpc) is 3.12. The molecule has 0 aliphatic rings. The third kappa shape index (κ3) is 2.44. The number of fused-ring (bicyclic) bond motifs is 3. The summed E-state index contributed by atoms with van der Waals surface area (Å²) in [5.41, 5.74) is 6.06. The van der Waals surface area contributed by atoms with Gasteiger partial charge in [0.2, 0.25) is 0 Å². The van der Waals surface area contributed by atoms with E-state index in [1.165, 1.54) is 35.7 Å². The van der Waals surface area contributed by atoms with E-state index in [1.807, 2.05) is 18.4 Å². The SMILES string of the molecule is CCn1c2ccccc2c2cc(-n3c(C)c(C(C)=O)c(C(C)=O)c3C)ccc21. The molecule has 2 aromatic heterocycles. The van der Waals surface area contributed by atoms with E-state index in [0.717, 1.165) is 23.6 Å². The lowest BCUT2D eigenvalue weighted by Crippen LogP contribution is -2.02. The molecule has 2 heterocycles. The number of ketones is 2. The molecule has 0 saturated carbocycles. The van der Waals surface area contributed by atoms with Crippen molar-refractivity contribution < 1.29 is 9.59 Å². The molecular weight excluding hydrogens is 348 g/mol. The summed E-state index contributed by atoms with van der Waals surface area (Å²) in [6.45, 7) is 9.92. The number of carbonyl (C=O) groups excluding carboxylic acids is 2. The number of aryl methyl sites for hydroxylation is 1. The van der Waals surface area contributed by atoms with Crippen LogP contribution >= 0.6 is 0 Å². The van der Waals surface area contributed by atoms with Gasteiger partial charge in [-0.2, -0.15) is 0 Å². The molecule has 0 fully saturated rings. The molecule has 4 aromatic rings. The van der Waals surface area contributed by atoms with Crippen LogP contribution in [0.25, 0.3) is 27.5 Å². The molecule has 28 heavy (non-hydrogen) atoms. The molecule has 0 aliphatic carbocycles. The van der Waals surface area contributed by atoms with E-state index in [4.69, 9.17) is 0 Å². The van der Waals surface area contributed by atoms with Gasteiger partial charge >= 0.3 is 0 Å². The highest BCUT2D eigenvalue weighted by Crippen LogP contribution is 2.33.